The van der Waals surface area contributed by atoms with Gasteiger partial charge in [0.05, 0.1) is 6.04 Å². The van der Waals surface area contributed by atoms with Crippen LogP contribution in [0, 0.1) is 5.92 Å². The summed E-state index contributed by atoms with van der Waals surface area (Å²) in [6.07, 6.45) is 4.54. The van der Waals surface area contributed by atoms with Crippen molar-refractivity contribution in [3.05, 3.63) is 71.1 Å². The first-order valence-electron chi connectivity index (χ1n) is 9.23. The monoisotopic (exact) mass is 366 g/mol. The molecule has 4 heterocycles. The van der Waals surface area contributed by atoms with Crippen LogP contribution >= 0.6 is 12.4 Å². The average molecular weight is 367 g/mol. The molecule has 3 aromatic rings. The lowest BCUT2D eigenvalue weighted by atomic mass is 9.83. The number of hydrogen-bond acceptors (Lipinski definition) is 2. The molecule has 3 aliphatic rings. The number of benzene rings is 2. The van der Waals surface area contributed by atoms with Crippen molar-refractivity contribution >= 4 is 23.2 Å². The summed E-state index contributed by atoms with van der Waals surface area (Å²) in [7, 11) is 0. The second-order valence-corrected chi connectivity index (χ2v) is 7.37. The Morgan fingerprint density at radius 2 is 1.50 bits per heavy atom. The molecule has 3 saturated heterocycles. The molecule has 6 rings (SSSR count). The number of fused-ring (bicyclic) bond motifs is 4. The number of aromatic nitrogens is 1. The second-order valence-electron chi connectivity index (χ2n) is 7.37. The summed E-state index contributed by atoms with van der Waals surface area (Å²) in [6, 6.07) is 18.8. The molecule has 0 amide bonds. The maximum atomic E-state index is 13.2. The molecule has 1 unspecified atom stereocenters. The summed E-state index contributed by atoms with van der Waals surface area (Å²) in [5, 5.41) is 1.89. The van der Waals surface area contributed by atoms with E-state index in [-0.39, 0.29) is 18.0 Å². The van der Waals surface area contributed by atoms with Gasteiger partial charge in [-0.25, -0.2) is 0 Å². The SMILES string of the molecule is Cl.O=c1c2ccccc2c(-c2ccccc2)cn1C1CN2CCC1CC2. The van der Waals surface area contributed by atoms with Gasteiger partial charge in [-0.15, -0.1) is 12.4 Å². The van der Waals surface area contributed by atoms with E-state index in [1.54, 1.807) is 0 Å². The first kappa shape index (κ1) is 17.3. The predicted molar refractivity (Wildman–Crippen MR) is 109 cm³/mol. The van der Waals surface area contributed by atoms with E-state index in [0.29, 0.717) is 12.0 Å². The largest absolute Gasteiger partial charge is 0.310 e. The maximum Gasteiger partial charge on any atom is 0.258 e. The van der Waals surface area contributed by atoms with E-state index in [1.165, 1.54) is 31.5 Å². The zero-order valence-corrected chi connectivity index (χ0v) is 15.5. The molecule has 3 aliphatic heterocycles. The molecule has 0 aliphatic carbocycles. The van der Waals surface area contributed by atoms with Crippen LogP contribution in [-0.4, -0.2) is 29.1 Å². The second kappa shape index (κ2) is 6.90. The highest BCUT2D eigenvalue weighted by atomic mass is 35.5. The Balaban J connectivity index is 0.00000168. The zero-order valence-electron chi connectivity index (χ0n) is 14.7. The van der Waals surface area contributed by atoms with Crippen molar-refractivity contribution in [1.29, 1.82) is 0 Å². The number of rotatable bonds is 2. The minimum atomic E-state index is 0. The number of nitrogens with zero attached hydrogens (tertiary/aromatic N) is 2. The van der Waals surface area contributed by atoms with E-state index in [0.717, 1.165) is 22.9 Å². The highest BCUT2D eigenvalue weighted by Gasteiger charge is 2.35. The Hall–Kier alpha value is -2.10. The number of piperidine rings is 3. The summed E-state index contributed by atoms with van der Waals surface area (Å²) in [5.41, 5.74) is 2.50. The Bertz CT molecular complexity index is 974. The molecule has 2 bridgehead atoms. The highest BCUT2D eigenvalue weighted by Crippen LogP contribution is 2.36. The van der Waals surface area contributed by atoms with Crippen molar-refractivity contribution in [2.24, 2.45) is 5.92 Å². The fourth-order valence-electron chi connectivity index (χ4n) is 4.65. The van der Waals surface area contributed by atoms with E-state index in [9.17, 15) is 4.79 Å². The topological polar surface area (TPSA) is 25.2 Å². The Morgan fingerprint density at radius 1 is 0.846 bits per heavy atom. The summed E-state index contributed by atoms with van der Waals surface area (Å²) < 4.78 is 2.04. The molecule has 1 aromatic heterocycles. The quantitative estimate of drug-likeness (QED) is 0.673. The fraction of sp³-hybridized carbons (Fsp3) is 0.318. The Morgan fingerprint density at radius 3 is 2.15 bits per heavy atom. The molecule has 0 spiro atoms. The molecule has 3 nitrogen and oxygen atoms in total. The van der Waals surface area contributed by atoms with Crippen molar-refractivity contribution in [2.45, 2.75) is 18.9 Å². The van der Waals surface area contributed by atoms with Gasteiger partial charge in [0.15, 0.2) is 0 Å². The number of halogens is 1. The van der Waals surface area contributed by atoms with E-state index < -0.39 is 0 Å². The van der Waals surface area contributed by atoms with E-state index >= 15 is 0 Å². The first-order valence-corrected chi connectivity index (χ1v) is 9.23. The van der Waals surface area contributed by atoms with E-state index in [1.807, 2.05) is 28.8 Å². The lowest BCUT2D eigenvalue weighted by molar-refractivity contribution is 0.0557. The van der Waals surface area contributed by atoms with Crippen LogP contribution in [0.15, 0.2) is 65.6 Å². The van der Waals surface area contributed by atoms with Crippen LogP contribution in [-0.2, 0) is 0 Å². The summed E-state index contributed by atoms with van der Waals surface area (Å²) in [4.78, 5) is 15.7. The molecule has 26 heavy (non-hydrogen) atoms. The van der Waals surface area contributed by atoms with Crippen LogP contribution in [0.2, 0.25) is 0 Å². The minimum Gasteiger partial charge on any atom is -0.310 e. The summed E-state index contributed by atoms with van der Waals surface area (Å²) >= 11 is 0. The zero-order chi connectivity index (χ0) is 16.8. The lowest BCUT2D eigenvalue weighted by Gasteiger charge is -2.45. The van der Waals surface area contributed by atoms with Gasteiger partial charge in [-0.1, -0.05) is 48.5 Å². The first-order chi connectivity index (χ1) is 12.3. The van der Waals surface area contributed by atoms with Gasteiger partial charge in [0.1, 0.15) is 0 Å². The molecule has 134 valence electrons. The Kier molecular flexibility index (Phi) is 4.60. The van der Waals surface area contributed by atoms with E-state index in [4.69, 9.17) is 0 Å². The maximum absolute atomic E-state index is 13.2. The van der Waals surface area contributed by atoms with Crippen LogP contribution in [0.4, 0.5) is 0 Å². The van der Waals surface area contributed by atoms with Crippen molar-refractivity contribution in [1.82, 2.24) is 9.47 Å². The van der Waals surface area contributed by atoms with Gasteiger partial charge in [-0.05, 0) is 48.9 Å². The smallest absolute Gasteiger partial charge is 0.258 e. The molecule has 0 radical (unpaired) electrons. The lowest BCUT2D eigenvalue weighted by Crippen LogP contribution is -2.50. The summed E-state index contributed by atoms with van der Waals surface area (Å²) in [6.45, 7) is 3.39. The van der Waals surface area contributed by atoms with Gasteiger partial charge < -0.3 is 9.47 Å². The van der Waals surface area contributed by atoms with Gasteiger partial charge >= 0.3 is 0 Å². The highest BCUT2D eigenvalue weighted by molar-refractivity contribution is 5.95. The molecular formula is C22H23ClN2O. The van der Waals surface area contributed by atoms with Crippen molar-refractivity contribution in [3.8, 4) is 11.1 Å². The Labute approximate surface area is 159 Å². The van der Waals surface area contributed by atoms with Crippen molar-refractivity contribution in [3.63, 3.8) is 0 Å². The molecule has 3 fully saturated rings. The minimum absolute atomic E-state index is 0. The molecular weight excluding hydrogens is 344 g/mol. The fourth-order valence-corrected chi connectivity index (χ4v) is 4.65. The molecule has 1 atom stereocenters. The number of hydrogen-bond donors (Lipinski definition) is 0. The normalized spacial score (nSPS) is 24.4. The van der Waals surface area contributed by atoms with Crippen LogP contribution in [0.3, 0.4) is 0 Å². The van der Waals surface area contributed by atoms with Gasteiger partial charge in [0, 0.05) is 23.7 Å². The van der Waals surface area contributed by atoms with Gasteiger partial charge in [0.2, 0.25) is 0 Å². The third-order valence-corrected chi connectivity index (χ3v) is 6.01. The summed E-state index contributed by atoms with van der Waals surface area (Å²) in [5.74, 6) is 0.632. The molecule has 4 heteroatoms. The van der Waals surface area contributed by atoms with E-state index in [2.05, 4.69) is 41.4 Å². The van der Waals surface area contributed by atoms with Gasteiger partial charge in [0.25, 0.3) is 5.56 Å². The molecule has 0 N–H and O–H groups in total. The van der Waals surface area contributed by atoms with Gasteiger partial charge in [-0.3, -0.25) is 4.79 Å². The van der Waals surface area contributed by atoms with Crippen LogP contribution in [0.1, 0.15) is 18.9 Å². The van der Waals surface area contributed by atoms with Crippen LogP contribution < -0.4 is 5.56 Å². The number of pyridine rings is 1. The predicted octanol–water partition coefficient (Wildman–Crippen LogP) is 4.36. The average Bonchev–Trinajstić information content (AvgIpc) is 2.70. The molecule has 0 saturated carbocycles. The van der Waals surface area contributed by atoms with Crippen molar-refractivity contribution in [2.75, 3.05) is 19.6 Å². The van der Waals surface area contributed by atoms with Gasteiger partial charge in [-0.2, -0.15) is 0 Å². The van der Waals surface area contributed by atoms with Crippen LogP contribution in [0.25, 0.3) is 21.9 Å². The third-order valence-electron chi connectivity index (χ3n) is 6.01. The standard InChI is InChI=1S/C22H22N2O.ClH/c25-22-19-9-5-4-8-18(19)20(16-6-2-1-3-7-16)14-24(22)21-15-23-12-10-17(21)11-13-23;/h1-9,14,17,21H,10-13,15H2;1H. The van der Waals surface area contributed by atoms with Crippen LogP contribution in [0.5, 0.6) is 0 Å². The third kappa shape index (κ3) is 2.76. The van der Waals surface area contributed by atoms with Crippen molar-refractivity contribution < 1.29 is 0 Å². The molecule has 2 aromatic carbocycles.